The Morgan fingerprint density at radius 3 is 2.94 bits per heavy atom. The molecule has 0 saturated carbocycles. The first-order chi connectivity index (χ1) is 8.24. The van der Waals surface area contributed by atoms with Gasteiger partial charge in [0.05, 0.1) is 22.1 Å². The number of nitrogens with zero attached hydrogens (tertiary/aromatic N) is 3. The molecule has 2 aromatic heterocycles. The number of aliphatic hydroxyl groups excluding tert-OH is 1. The standard InChI is InChI=1S/C12H14BrN3O/c1-2-7-16-11(9(13)8-15-16)12(17)10-5-3-4-6-14-10/h3-6,8,12,17H,2,7H2,1H3. The van der Waals surface area contributed by atoms with Crippen molar-refractivity contribution >= 4 is 15.9 Å². The molecule has 0 saturated heterocycles. The van der Waals surface area contributed by atoms with E-state index in [1.165, 1.54) is 0 Å². The lowest BCUT2D eigenvalue weighted by Gasteiger charge is -2.13. The van der Waals surface area contributed by atoms with Gasteiger partial charge in [-0.3, -0.25) is 9.67 Å². The fraction of sp³-hybridized carbons (Fsp3) is 0.333. The van der Waals surface area contributed by atoms with E-state index in [1.54, 1.807) is 18.5 Å². The fourth-order valence-electron chi connectivity index (χ4n) is 1.71. The third kappa shape index (κ3) is 2.56. The summed E-state index contributed by atoms with van der Waals surface area (Å²) in [6.45, 7) is 2.86. The van der Waals surface area contributed by atoms with Gasteiger partial charge in [-0.1, -0.05) is 13.0 Å². The summed E-state index contributed by atoms with van der Waals surface area (Å²) in [7, 11) is 0. The summed E-state index contributed by atoms with van der Waals surface area (Å²) in [6, 6.07) is 5.50. The van der Waals surface area contributed by atoms with Gasteiger partial charge in [0.1, 0.15) is 6.10 Å². The zero-order chi connectivity index (χ0) is 12.3. The largest absolute Gasteiger partial charge is 0.380 e. The van der Waals surface area contributed by atoms with Crippen LogP contribution in [0.15, 0.2) is 35.1 Å². The number of rotatable bonds is 4. The molecule has 0 fully saturated rings. The number of hydrogen-bond acceptors (Lipinski definition) is 3. The van der Waals surface area contributed by atoms with Crippen LogP contribution in [0.3, 0.4) is 0 Å². The van der Waals surface area contributed by atoms with Crippen LogP contribution in [0.1, 0.15) is 30.8 Å². The van der Waals surface area contributed by atoms with Gasteiger partial charge in [0, 0.05) is 12.7 Å². The van der Waals surface area contributed by atoms with Gasteiger partial charge in [-0.2, -0.15) is 5.10 Å². The van der Waals surface area contributed by atoms with E-state index in [2.05, 4.69) is 32.9 Å². The molecule has 2 aromatic rings. The van der Waals surface area contributed by atoms with E-state index < -0.39 is 6.10 Å². The first-order valence-electron chi connectivity index (χ1n) is 5.54. The monoisotopic (exact) mass is 295 g/mol. The average Bonchev–Trinajstić information content (AvgIpc) is 2.71. The Hall–Kier alpha value is -1.20. The van der Waals surface area contributed by atoms with Crippen LogP contribution in [0.2, 0.25) is 0 Å². The number of halogens is 1. The molecule has 90 valence electrons. The Morgan fingerprint density at radius 1 is 1.47 bits per heavy atom. The quantitative estimate of drug-likeness (QED) is 0.943. The molecule has 0 aliphatic rings. The molecule has 17 heavy (non-hydrogen) atoms. The van der Waals surface area contributed by atoms with Gasteiger partial charge in [0.15, 0.2) is 0 Å². The van der Waals surface area contributed by atoms with Gasteiger partial charge in [-0.25, -0.2) is 0 Å². The lowest BCUT2D eigenvalue weighted by atomic mass is 10.1. The van der Waals surface area contributed by atoms with Gasteiger partial charge < -0.3 is 5.11 Å². The molecule has 0 radical (unpaired) electrons. The number of aromatic nitrogens is 3. The Labute approximate surface area is 108 Å². The molecule has 0 aliphatic heterocycles. The van der Waals surface area contributed by atoms with Crippen molar-refractivity contribution in [2.24, 2.45) is 0 Å². The highest BCUT2D eigenvalue weighted by Gasteiger charge is 2.19. The number of pyridine rings is 1. The molecule has 5 heteroatoms. The zero-order valence-electron chi connectivity index (χ0n) is 9.55. The van der Waals surface area contributed by atoms with Crippen LogP contribution in [-0.2, 0) is 6.54 Å². The van der Waals surface area contributed by atoms with E-state index in [1.807, 2.05) is 16.8 Å². The van der Waals surface area contributed by atoms with E-state index in [0.717, 1.165) is 23.1 Å². The summed E-state index contributed by atoms with van der Waals surface area (Å²) < 4.78 is 2.62. The minimum atomic E-state index is -0.750. The Kier molecular flexibility index (Phi) is 3.91. The second kappa shape index (κ2) is 5.42. The number of aryl methyl sites for hydroxylation is 1. The van der Waals surface area contributed by atoms with Gasteiger partial charge in [0.25, 0.3) is 0 Å². The maximum atomic E-state index is 10.3. The molecular formula is C12H14BrN3O. The van der Waals surface area contributed by atoms with Crippen LogP contribution in [0.25, 0.3) is 0 Å². The van der Waals surface area contributed by atoms with Crippen molar-refractivity contribution in [2.75, 3.05) is 0 Å². The summed E-state index contributed by atoms with van der Waals surface area (Å²) in [5.74, 6) is 0. The molecule has 0 amide bonds. The minimum absolute atomic E-state index is 0.631. The van der Waals surface area contributed by atoms with E-state index >= 15 is 0 Å². The first kappa shape index (κ1) is 12.3. The number of hydrogen-bond donors (Lipinski definition) is 1. The lowest BCUT2D eigenvalue weighted by molar-refractivity contribution is 0.202. The summed E-state index contributed by atoms with van der Waals surface area (Å²) in [6.07, 6.45) is 3.60. The zero-order valence-corrected chi connectivity index (χ0v) is 11.1. The maximum absolute atomic E-state index is 10.3. The van der Waals surface area contributed by atoms with Crippen LogP contribution in [0.4, 0.5) is 0 Å². The van der Waals surface area contributed by atoms with E-state index in [-0.39, 0.29) is 0 Å². The Balaban J connectivity index is 2.36. The van der Waals surface area contributed by atoms with Crippen molar-refractivity contribution in [1.29, 1.82) is 0 Å². The predicted octanol–water partition coefficient (Wildman–Crippen LogP) is 2.53. The second-order valence-electron chi connectivity index (χ2n) is 3.76. The molecule has 1 atom stereocenters. The summed E-state index contributed by atoms with van der Waals surface area (Å²) in [5.41, 5.74) is 1.39. The smallest absolute Gasteiger partial charge is 0.139 e. The molecule has 2 rings (SSSR count). The normalized spacial score (nSPS) is 12.6. The van der Waals surface area contributed by atoms with Crippen molar-refractivity contribution in [2.45, 2.75) is 26.0 Å². The molecule has 0 spiro atoms. The van der Waals surface area contributed by atoms with Crippen LogP contribution in [0, 0.1) is 0 Å². The first-order valence-corrected chi connectivity index (χ1v) is 6.33. The second-order valence-corrected chi connectivity index (χ2v) is 4.61. The van der Waals surface area contributed by atoms with Crippen LogP contribution >= 0.6 is 15.9 Å². The fourth-order valence-corrected chi connectivity index (χ4v) is 2.22. The minimum Gasteiger partial charge on any atom is -0.380 e. The summed E-state index contributed by atoms with van der Waals surface area (Å²) in [4.78, 5) is 4.17. The van der Waals surface area contributed by atoms with Gasteiger partial charge in [-0.05, 0) is 34.5 Å². The third-order valence-electron chi connectivity index (χ3n) is 2.50. The topological polar surface area (TPSA) is 50.9 Å². The molecule has 0 aromatic carbocycles. The van der Waals surface area contributed by atoms with Crippen molar-refractivity contribution < 1.29 is 5.11 Å². The molecule has 0 bridgehead atoms. The van der Waals surface area contributed by atoms with Crippen LogP contribution < -0.4 is 0 Å². The van der Waals surface area contributed by atoms with Gasteiger partial charge in [-0.15, -0.1) is 0 Å². The van der Waals surface area contributed by atoms with Crippen LogP contribution in [0.5, 0.6) is 0 Å². The van der Waals surface area contributed by atoms with Crippen LogP contribution in [-0.4, -0.2) is 19.9 Å². The van der Waals surface area contributed by atoms with E-state index in [9.17, 15) is 5.11 Å². The van der Waals surface area contributed by atoms with Crippen molar-refractivity contribution in [1.82, 2.24) is 14.8 Å². The van der Waals surface area contributed by atoms with E-state index in [4.69, 9.17) is 0 Å². The molecule has 0 aliphatic carbocycles. The molecule has 4 nitrogen and oxygen atoms in total. The van der Waals surface area contributed by atoms with Gasteiger partial charge >= 0.3 is 0 Å². The third-order valence-corrected chi connectivity index (χ3v) is 3.11. The van der Waals surface area contributed by atoms with E-state index in [0.29, 0.717) is 5.69 Å². The Bertz CT molecular complexity index is 484. The summed E-state index contributed by atoms with van der Waals surface area (Å²) in [5, 5.41) is 14.5. The van der Waals surface area contributed by atoms with Crippen molar-refractivity contribution in [3.8, 4) is 0 Å². The average molecular weight is 296 g/mol. The SMILES string of the molecule is CCCn1ncc(Br)c1C(O)c1ccccn1. The Morgan fingerprint density at radius 2 is 2.29 bits per heavy atom. The molecular weight excluding hydrogens is 282 g/mol. The lowest BCUT2D eigenvalue weighted by Crippen LogP contribution is -2.11. The van der Waals surface area contributed by atoms with Crippen molar-refractivity contribution in [3.63, 3.8) is 0 Å². The highest BCUT2D eigenvalue weighted by atomic mass is 79.9. The maximum Gasteiger partial charge on any atom is 0.139 e. The molecule has 1 N–H and O–H groups in total. The molecule has 1 unspecified atom stereocenters. The van der Waals surface area contributed by atoms with Crippen molar-refractivity contribution in [3.05, 3.63) is 46.5 Å². The predicted molar refractivity (Wildman–Crippen MR) is 68.5 cm³/mol. The highest BCUT2D eigenvalue weighted by molar-refractivity contribution is 9.10. The highest BCUT2D eigenvalue weighted by Crippen LogP contribution is 2.27. The molecule has 2 heterocycles. The van der Waals surface area contributed by atoms with Gasteiger partial charge in [0.2, 0.25) is 0 Å². The summed E-state index contributed by atoms with van der Waals surface area (Å²) >= 11 is 3.41. The number of aliphatic hydroxyl groups is 1.